The van der Waals surface area contributed by atoms with Crippen molar-refractivity contribution < 1.29 is 0 Å². The zero-order valence-electron chi connectivity index (χ0n) is 10.2. The third kappa shape index (κ3) is 2.92. The van der Waals surface area contributed by atoms with Crippen LogP contribution in [0.25, 0.3) is 0 Å². The lowest BCUT2D eigenvalue weighted by atomic mass is 10.2. The van der Waals surface area contributed by atoms with E-state index >= 15 is 0 Å². The Morgan fingerprint density at radius 1 is 1.07 bits per heavy atom. The molecule has 1 aliphatic heterocycles. The third-order valence-electron chi connectivity index (χ3n) is 4.08. The summed E-state index contributed by atoms with van der Waals surface area (Å²) in [5.74, 6) is 0. The fourth-order valence-electron chi connectivity index (χ4n) is 2.98. The Bertz CT molecular complexity index is 195. The van der Waals surface area contributed by atoms with Crippen LogP contribution in [0.1, 0.15) is 25.7 Å². The predicted octanol–water partition coefficient (Wildman–Crippen LogP) is 0.764. The minimum Gasteiger partial charge on any atom is -0.317 e. The van der Waals surface area contributed by atoms with Crippen molar-refractivity contribution >= 4 is 0 Å². The summed E-state index contributed by atoms with van der Waals surface area (Å²) in [6, 6.07) is 1.63. The lowest BCUT2D eigenvalue weighted by Crippen LogP contribution is -2.37. The first kappa shape index (κ1) is 11.4. The van der Waals surface area contributed by atoms with E-state index in [0.29, 0.717) is 0 Å². The molecule has 3 nitrogen and oxygen atoms in total. The van der Waals surface area contributed by atoms with Crippen LogP contribution < -0.4 is 5.32 Å². The van der Waals surface area contributed by atoms with Crippen LogP contribution in [0.2, 0.25) is 0 Å². The van der Waals surface area contributed by atoms with Crippen molar-refractivity contribution in [2.75, 3.05) is 40.3 Å². The molecule has 0 aromatic heterocycles. The van der Waals surface area contributed by atoms with Crippen LogP contribution in [0.15, 0.2) is 0 Å². The van der Waals surface area contributed by atoms with Crippen LogP contribution in [-0.2, 0) is 0 Å². The summed E-state index contributed by atoms with van der Waals surface area (Å²) in [6.07, 6.45) is 5.47. The fraction of sp³-hybridized carbons (Fsp3) is 1.00. The van der Waals surface area contributed by atoms with Crippen molar-refractivity contribution in [2.24, 2.45) is 0 Å². The molecule has 1 heterocycles. The number of nitrogens with one attached hydrogen (secondary N) is 1. The second-order valence-corrected chi connectivity index (χ2v) is 5.15. The van der Waals surface area contributed by atoms with Gasteiger partial charge in [0.2, 0.25) is 0 Å². The first-order valence-corrected chi connectivity index (χ1v) is 6.39. The normalized spacial score (nSPS) is 35.6. The summed E-state index contributed by atoms with van der Waals surface area (Å²) in [7, 11) is 4.35. The van der Waals surface area contributed by atoms with Crippen LogP contribution in [0.3, 0.4) is 0 Å². The van der Waals surface area contributed by atoms with Gasteiger partial charge in [-0.2, -0.15) is 0 Å². The van der Waals surface area contributed by atoms with Gasteiger partial charge in [0.25, 0.3) is 0 Å². The van der Waals surface area contributed by atoms with Gasteiger partial charge in [-0.1, -0.05) is 0 Å². The monoisotopic (exact) mass is 211 g/mol. The molecule has 2 rings (SSSR count). The second-order valence-electron chi connectivity index (χ2n) is 5.15. The Kier molecular flexibility index (Phi) is 4.00. The molecular weight excluding hydrogens is 186 g/mol. The van der Waals surface area contributed by atoms with Gasteiger partial charge in [0.1, 0.15) is 0 Å². The highest BCUT2D eigenvalue weighted by Crippen LogP contribution is 2.24. The maximum atomic E-state index is 3.42. The molecule has 1 saturated carbocycles. The minimum absolute atomic E-state index is 0.774. The van der Waals surface area contributed by atoms with Crippen molar-refractivity contribution in [3.8, 4) is 0 Å². The van der Waals surface area contributed by atoms with Gasteiger partial charge in [-0.05, 0) is 52.9 Å². The van der Waals surface area contributed by atoms with E-state index in [4.69, 9.17) is 0 Å². The Morgan fingerprint density at radius 2 is 1.93 bits per heavy atom. The molecule has 1 aliphatic carbocycles. The van der Waals surface area contributed by atoms with Crippen molar-refractivity contribution in [1.82, 2.24) is 15.1 Å². The van der Waals surface area contributed by atoms with E-state index in [1.54, 1.807) is 0 Å². The summed E-state index contributed by atoms with van der Waals surface area (Å²) in [4.78, 5) is 5.19. The highest BCUT2D eigenvalue weighted by Gasteiger charge is 2.28. The number of hydrogen-bond acceptors (Lipinski definition) is 3. The van der Waals surface area contributed by atoms with Crippen molar-refractivity contribution in [2.45, 2.75) is 37.8 Å². The standard InChI is InChI=1S/C12H25N3/c1-13-11-4-5-12(10-11)15-7-3-6-14(2)8-9-15/h11-13H,3-10H2,1-2H3. The van der Waals surface area contributed by atoms with E-state index in [0.717, 1.165) is 12.1 Å². The fourth-order valence-corrected chi connectivity index (χ4v) is 2.98. The molecule has 2 atom stereocenters. The summed E-state index contributed by atoms with van der Waals surface area (Å²) < 4.78 is 0. The highest BCUT2D eigenvalue weighted by molar-refractivity contribution is 4.87. The topological polar surface area (TPSA) is 18.5 Å². The van der Waals surface area contributed by atoms with Gasteiger partial charge in [-0.15, -0.1) is 0 Å². The van der Waals surface area contributed by atoms with Crippen molar-refractivity contribution in [3.63, 3.8) is 0 Å². The molecule has 0 radical (unpaired) electrons. The molecule has 3 heteroatoms. The van der Waals surface area contributed by atoms with E-state index in [1.807, 2.05) is 0 Å². The molecular formula is C12H25N3. The molecule has 2 aliphatic rings. The summed E-state index contributed by atoms with van der Waals surface area (Å²) >= 11 is 0. The number of likely N-dealkylation sites (N-methyl/N-ethyl adjacent to an activating group) is 1. The largest absolute Gasteiger partial charge is 0.317 e. The van der Waals surface area contributed by atoms with E-state index < -0.39 is 0 Å². The lowest BCUT2D eigenvalue weighted by molar-refractivity contribution is 0.202. The number of nitrogens with zero attached hydrogens (tertiary/aromatic N) is 2. The van der Waals surface area contributed by atoms with Crippen LogP contribution >= 0.6 is 0 Å². The van der Waals surface area contributed by atoms with Gasteiger partial charge in [-0.25, -0.2) is 0 Å². The molecule has 0 spiro atoms. The SMILES string of the molecule is CNC1CCC(N2CCCN(C)CC2)C1. The zero-order chi connectivity index (χ0) is 10.7. The molecule has 0 aromatic rings. The van der Waals surface area contributed by atoms with Crippen molar-refractivity contribution in [1.29, 1.82) is 0 Å². The molecule has 0 aromatic carbocycles. The molecule has 1 N–H and O–H groups in total. The quantitative estimate of drug-likeness (QED) is 0.728. The van der Waals surface area contributed by atoms with Crippen LogP contribution in [0.4, 0.5) is 0 Å². The first-order chi connectivity index (χ1) is 7.29. The summed E-state index contributed by atoms with van der Waals surface area (Å²) in [5, 5.41) is 3.42. The average molecular weight is 211 g/mol. The molecule has 0 bridgehead atoms. The maximum Gasteiger partial charge on any atom is 0.0112 e. The number of hydrogen-bond donors (Lipinski definition) is 1. The summed E-state index contributed by atoms with van der Waals surface area (Å²) in [5.41, 5.74) is 0. The van der Waals surface area contributed by atoms with Gasteiger partial charge in [0.05, 0.1) is 0 Å². The Hall–Kier alpha value is -0.120. The minimum atomic E-state index is 0.774. The van der Waals surface area contributed by atoms with Gasteiger partial charge < -0.3 is 10.2 Å². The van der Waals surface area contributed by atoms with E-state index in [1.165, 1.54) is 51.9 Å². The second kappa shape index (κ2) is 5.28. The van der Waals surface area contributed by atoms with E-state index in [2.05, 4.69) is 29.2 Å². The van der Waals surface area contributed by atoms with Crippen LogP contribution in [0.5, 0.6) is 0 Å². The van der Waals surface area contributed by atoms with Crippen molar-refractivity contribution in [3.05, 3.63) is 0 Å². The number of rotatable bonds is 2. The van der Waals surface area contributed by atoms with Gasteiger partial charge in [0.15, 0.2) is 0 Å². The van der Waals surface area contributed by atoms with E-state index in [-0.39, 0.29) is 0 Å². The van der Waals surface area contributed by atoms with Crippen LogP contribution in [-0.4, -0.2) is 62.2 Å². The third-order valence-corrected chi connectivity index (χ3v) is 4.08. The zero-order valence-corrected chi connectivity index (χ0v) is 10.2. The van der Waals surface area contributed by atoms with Gasteiger partial charge >= 0.3 is 0 Å². The molecule has 2 unspecified atom stereocenters. The van der Waals surface area contributed by atoms with Gasteiger partial charge in [-0.3, -0.25) is 4.90 Å². The Morgan fingerprint density at radius 3 is 2.67 bits per heavy atom. The summed E-state index contributed by atoms with van der Waals surface area (Å²) in [6.45, 7) is 5.11. The molecule has 1 saturated heterocycles. The predicted molar refractivity (Wildman–Crippen MR) is 64.2 cm³/mol. The smallest absolute Gasteiger partial charge is 0.0112 e. The Balaban J connectivity index is 1.83. The average Bonchev–Trinajstić information content (AvgIpc) is 2.62. The molecule has 0 amide bonds. The first-order valence-electron chi connectivity index (χ1n) is 6.39. The highest BCUT2D eigenvalue weighted by atomic mass is 15.2. The van der Waals surface area contributed by atoms with Crippen LogP contribution in [0, 0.1) is 0 Å². The maximum absolute atomic E-state index is 3.42. The molecule has 88 valence electrons. The van der Waals surface area contributed by atoms with E-state index in [9.17, 15) is 0 Å². The molecule has 2 fully saturated rings. The molecule has 15 heavy (non-hydrogen) atoms. The Labute approximate surface area is 93.8 Å². The lowest BCUT2D eigenvalue weighted by Gasteiger charge is -2.27. The van der Waals surface area contributed by atoms with Gasteiger partial charge in [0, 0.05) is 25.2 Å².